The Morgan fingerprint density at radius 1 is 1.00 bits per heavy atom. The molecular weight excluding hydrogens is 258 g/mol. The fourth-order valence-corrected chi connectivity index (χ4v) is 2.15. The first kappa shape index (κ1) is 12.5. The monoisotopic (exact) mass is 271 g/mol. The van der Waals surface area contributed by atoms with Crippen LogP contribution in [0.4, 0.5) is 0 Å². The normalized spacial score (nSPS) is 13.8. The lowest BCUT2D eigenvalue weighted by molar-refractivity contribution is -0.149. The molecule has 2 aromatic carbocycles. The van der Waals surface area contributed by atoms with Crippen LogP contribution in [0, 0.1) is 0 Å². The van der Waals surface area contributed by atoms with Gasteiger partial charge in [-0.15, -0.1) is 0 Å². The fraction of sp³-hybridized carbons (Fsp3) is 0.133. The second-order valence-electron chi connectivity index (χ2n) is 4.44. The third-order valence-corrected chi connectivity index (χ3v) is 3.12. The van der Waals surface area contributed by atoms with Gasteiger partial charge in [0.05, 0.1) is 0 Å². The Hall–Kier alpha value is -2.53. The van der Waals surface area contributed by atoms with Crippen molar-refractivity contribution in [3.05, 3.63) is 59.7 Å². The standard InChI is InChI=1S/C15H13NO4/c17-14(16-18)15-19-12-7-3-1-5-10(12)9-11-6-2-4-8-13(11)20-15/h1-8,15,18H,9H2,(H,16,17). The Bertz CT molecular complexity index is 594. The summed E-state index contributed by atoms with van der Waals surface area (Å²) in [7, 11) is 0. The van der Waals surface area contributed by atoms with E-state index in [1.54, 1.807) is 17.6 Å². The highest BCUT2D eigenvalue weighted by atomic mass is 16.7. The van der Waals surface area contributed by atoms with Gasteiger partial charge in [-0.05, 0) is 23.3 Å². The lowest BCUT2D eigenvalue weighted by Crippen LogP contribution is -2.41. The molecule has 20 heavy (non-hydrogen) atoms. The maximum Gasteiger partial charge on any atom is 0.325 e. The van der Waals surface area contributed by atoms with Crippen LogP contribution in [0.5, 0.6) is 11.5 Å². The molecule has 1 aliphatic rings. The van der Waals surface area contributed by atoms with Gasteiger partial charge >= 0.3 is 12.2 Å². The highest BCUT2D eigenvalue weighted by Gasteiger charge is 2.26. The molecule has 0 aromatic heterocycles. The van der Waals surface area contributed by atoms with Gasteiger partial charge in [0.25, 0.3) is 0 Å². The van der Waals surface area contributed by atoms with Crippen LogP contribution in [0.2, 0.25) is 0 Å². The number of hydrogen-bond donors (Lipinski definition) is 2. The molecule has 0 saturated carbocycles. The van der Waals surface area contributed by atoms with Crippen molar-refractivity contribution in [2.24, 2.45) is 0 Å². The predicted octanol–water partition coefficient (Wildman–Crippen LogP) is 1.88. The van der Waals surface area contributed by atoms with Crippen molar-refractivity contribution in [2.75, 3.05) is 0 Å². The summed E-state index contributed by atoms with van der Waals surface area (Å²) in [5.41, 5.74) is 3.47. The van der Waals surface area contributed by atoms with E-state index in [0.717, 1.165) is 11.1 Å². The molecule has 0 atom stereocenters. The summed E-state index contributed by atoms with van der Waals surface area (Å²) in [6, 6.07) is 14.9. The summed E-state index contributed by atoms with van der Waals surface area (Å²) >= 11 is 0. The molecule has 5 nitrogen and oxygen atoms in total. The summed E-state index contributed by atoms with van der Waals surface area (Å²) in [6.07, 6.45) is -0.581. The van der Waals surface area contributed by atoms with Crippen LogP contribution in [0.25, 0.3) is 0 Å². The van der Waals surface area contributed by atoms with E-state index in [9.17, 15) is 4.79 Å². The number of carbonyl (C=O) groups excluding carboxylic acids is 1. The quantitative estimate of drug-likeness (QED) is 0.614. The molecule has 0 fully saturated rings. The Balaban J connectivity index is 2.07. The zero-order valence-corrected chi connectivity index (χ0v) is 10.6. The molecule has 0 bridgehead atoms. The van der Waals surface area contributed by atoms with Crippen molar-refractivity contribution in [3.8, 4) is 11.5 Å². The van der Waals surface area contributed by atoms with Gasteiger partial charge in [-0.25, -0.2) is 5.48 Å². The van der Waals surface area contributed by atoms with Gasteiger partial charge in [-0.2, -0.15) is 0 Å². The summed E-state index contributed by atoms with van der Waals surface area (Å²) in [5.74, 6) is 0.378. The molecule has 0 aliphatic carbocycles. The number of hydrogen-bond acceptors (Lipinski definition) is 4. The first-order valence-corrected chi connectivity index (χ1v) is 6.21. The molecule has 3 rings (SSSR count). The number of ether oxygens (including phenoxy) is 2. The zero-order valence-electron chi connectivity index (χ0n) is 10.6. The van der Waals surface area contributed by atoms with Gasteiger partial charge in [0.2, 0.25) is 0 Å². The minimum atomic E-state index is -1.23. The van der Waals surface area contributed by atoms with Crippen LogP contribution in [0.1, 0.15) is 11.1 Å². The summed E-state index contributed by atoms with van der Waals surface area (Å²) in [5, 5.41) is 8.79. The molecule has 5 heteroatoms. The predicted molar refractivity (Wildman–Crippen MR) is 70.7 cm³/mol. The molecule has 0 unspecified atom stereocenters. The first-order chi connectivity index (χ1) is 9.78. The Kier molecular flexibility index (Phi) is 3.26. The van der Waals surface area contributed by atoms with Crippen LogP contribution in [-0.2, 0) is 11.2 Å². The van der Waals surface area contributed by atoms with Gasteiger partial charge in [0.1, 0.15) is 11.5 Å². The van der Waals surface area contributed by atoms with Crippen molar-refractivity contribution < 1.29 is 19.5 Å². The number of fused-ring (bicyclic) bond motifs is 2. The minimum absolute atomic E-state index is 0.565. The third kappa shape index (κ3) is 2.31. The molecule has 2 aromatic rings. The Morgan fingerprint density at radius 2 is 1.50 bits per heavy atom. The third-order valence-electron chi connectivity index (χ3n) is 3.12. The van der Waals surface area contributed by atoms with Crippen molar-refractivity contribution in [1.29, 1.82) is 0 Å². The highest BCUT2D eigenvalue weighted by Crippen LogP contribution is 2.30. The topological polar surface area (TPSA) is 67.8 Å². The van der Waals surface area contributed by atoms with Crippen LogP contribution < -0.4 is 15.0 Å². The summed E-state index contributed by atoms with van der Waals surface area (Å²) in [4.78, 5) is 11.6. The van der Waals surface area contributed by atoms with Gasteiger partial charge in [0.15, 0.2) is 0 Å². The Labute approximate surface area is 115 Å². The smallest absolute Gasteiger partial charge is 0.325 e. The van der Waals surface area contributed by atoms with Gasteiger partial charge < -0.3 is 9.47 Å². The number of hydroxylamine groups is 1. The maximum absolute atomic E-state index is 11.6. The zero-order chi connectivity index (χ0) is 13.9. The van der Waals surface area contributed by atoms with Gasteiger partial charge in [-0.1, -0.05) is 36.4 Å². The molecule has 1 amide bonds. The number of rotatable bonds is 1. The van der Waals surface area contributed by atoms with E-state index in [-0.39, 0.29) is 0 Å². The number of nitrogens with one attached hydrogen (secondary N) is 1. The molecule has 0 spiro atoms. The van der Waals surface area contributed by atoms with Gasteiger partial charge in [-0.3, -0.25) is 10.0 Å². The average Bonchev–Trinajstić information content (AvgIpc) is 2.46. The van der Waals surface area contributed by atoms with E-state index in [1.807, 2.05) is 36.4 Å². The SMILES string of the molecule is O=C(NO)C1Oc2ccccc2Cc2ccccc2O1. The molecule has 1 aliphatic heterocycles. The molecular formula is C15H13NO4. The second kappa shape index (κ2) is 5.22. The lowest BCUT2D eigenvalue weighted by atomic mass is 10.0. The molecule has 0 saturated heterocycles. The summed E-state index contributed by atoms with van der Waals surface area (Å²) in [6.45, 7) is 0. The molecule has 102 valence electrons. The van der Waals surface area contributed by atoms with Crippen molar-refractivity contribution >= 4 is 5.91 Å². The van der Waals surface area contributed by atoms with Crippen molar-refractivity contribution in [2.45, 2.75) is 12.7 Å². The lowest BCUT2D eigenvalue weighted by Gasteiger charge is -2.24. The maximum atomic E-state index is 11.6. The number of para-hydroxylation sites is 2. The largest absolute Gasteiger partial charge is 0.446 e. The van der Waals surface area contributed by atoms with E-state index in [4.69, 9.17) is 14.7 Å². The average molecular weight is 271 g/mol. The fourth-order valence-electron chi connectivity index (χ4n) is 2.15. The van der Waals surface area contributed by atoms with Crippen molar-refractivity contribution in [3.63, 3.8) is 0 Å². The van der Waals surface area contributed by atoms with Crippen LogP contribution >= 0.6 is 0 Å². The van der Waals surface area contributed by atoms with E-state index in [1.165, 1.54) is 0 Å². The second-order valence-corrected chi connectivity index (χ2v) is 4.44. The van der Waals surface area contributed by atoms with Crippen LogP contribution in [0.3, 0.4) is 0 Å². The molecule has 2 N–H and O–H groups in total. The number of amides is 1. The van der Waals surface area contributed by atoms with Crippen molar-refractivity contribution in [1.82, 2.24) is 5.48 Å². The summed E-state index contributed by atoms with van der Waals surface area (Å²) < 4.78 is 11.1. The molecule has 0 radical (unpaired) electrons. The highest BCUT2D eigenvalue weighted by molar-refractivity contribution is 5.79. The van der Waals surface area contributed by atoms with Crippen LogP contribution in [0.15, 0.2) is 48.5 Å². The number of benzene rings is 2. The first-order valence-electron chi connectivity index (χ1n) is 6.21. The van der Waals surface area contributed by atoms with E-state index < -0.39 is 12.2 Å². The van der Waals surface area contributed by atoms with Crippen LogP contribution in [-0.4, -0.2) is 17.4 Å². The van der Waals surface area contributed by atoms with E-state index in [2.05, 4.69) is 0 Å². The molecule has 1 heterocycles. The Morgan fingerprint density at radius 3 is 2.00 bits per heavy atom. The van der Waals surface area contributed by atoms with E-state index >= 15 is 0 Å². The minimum Gasteiger partial charge on any atom is -0.446 e. The van der Waals surface area contributed by atoms with E-state index in [0.29, 0.717) is 17.9 Å². The number of carbonyl (C=O) groups is 1. The van der Waals surface area contributed by atoms with Gasteiger partial charge in [0, 0.05) is 6.42 Å².